The third kappa shape index (κ3) is 4.00. The van der Waals surface area contributed by atoms with Crippen LogP contribution in [0.5, 0.6) is 0 Å². The number of likely N-dealkylation sites (tertiary alicyclic amines) is 1. The summed E-state index contributed by atoms with van der Waals surface area (Å²) in [5.41, 5.74) is 1.53. The van der Waals surface area contributed by atoms with Crippen molar-refractivity contribution in [2.24, 2.45) is 0 Å². The Kier molecular flexibility index (Phi) is 5.35. The molecule has 1 aliphatic heterocycles. The fraction of sp³-hybridized carbons (Fsp3) is 0.444. The quantitative estimate of drug-likeness (QED) is 0.872. The van der Waals surface area contributed by atoms with Crippen molar-refractivity contribution in [3.05, 3.63) is 42.7 Å². The highest BCUT2D eigenvalue weighted by molar-refractivity contribution is 5.91. The third-order valence-corrected chi connectivity index (χ3v) is 4.55. The second-order valence-corrected chi connectivity index (χ2v) is 6.49. The molecule has 1 aromatic heterocycles. The van der Waals surface area contributed by atoms with E-state index in [1.807, 2.05) is 36.5 Å². The summed E-state index contributed by atoms with van der Waals surface area (Å²) < 4.78 is 7.27. The van der Waals surface area contributed by atoms with Gasteiger partial charge in [0.15, 0.2) is 0 Å². The van der Waals surface area contributed by atoms with Crippen LogP contribution in [-0.4, -0.2) is 59.1 Å². The number of nitrogens with zero attached hydrogens (tertiary/aromatic N) is 3. The first-order valence-electron chi connectivity index (χ1n) is 8.52. The van der Waals surface area contributed by atoms with Crippen molar-refractivity contribution in [1.29, 1.82) is 0 Å². The minimum atomic E-state index is -0.239. The van der Waals surface area contributed by atoms with Crippen molar-refractivity contribution in [2.75, 3.05) is 25.5 Å². The molecule has 0 saturated carbocycles. The van der Waals surface area contributed by atoms with Gasteiger partial charge in [0.1, 0.15) is 0 Å². The first-order valence-corrected chi connectivity index (χ1v) is 8.52. The number of anilines is 1. The molecule has 0 radical (unpaired) electrons. The van der Waals surface area contributed by atoms with E-state index in [-0.39, 0.29) is 18.2 Å². The number of nitrogens with one attached hydrogen (secondary N) is 2. The molecule has 0 aliphatic carbocycles. The van der Waals surface area contributed by atoms with Gasteiger partial charge in [-0.25, -0.2) is 9.48 Å². The van der Waals surface area contributed by atoms with Crippen LogP contribution in [-0.2, 0) is 4.74 Å². The minimum Gasteiger partial charge on any atom is -0.378 e. The van der Waals surface area contributed by atoms with E-state index in [9.17, 15) is 4.79 Å². The Bertz CT molecular complexity index is 701. The van der Waals surface area contributed by atoms with Gasteiger partial charge < -0.3 is 15.4 Å². The van der Waals surface area contributed by atoms with Crippen LogP contribution >= 0.6 is 0 Å². The topological polar surface area (TPSA) is 71.4 Å². The number of hydrogen-bond donors (Lipinski definition) is 2. The predicted octanol–water partition coefficient (Wildman–Crippen LogP) is 2.10. The number of hydrogen-bond acceptors (Lipinski definition) is 4. The van der Waals surface area contributed by atoms with Gasteiger partial charge in [-0.05, 0) is 32.0 Å². The molecule has 134 valence electrons. The number of rotatable bonds is 5. The number of urea groups is 1. The van der Waals surface area contributed by atoms with Gasteiger partial charge in [-0.1, -0.05) is 12.1 Å². The van der Waals surface area contributed by atoms with Gasteiger partial charge in [0.2, 0.25) is 0 Å². The molecule has 7 heteroatoms. The van der Waals surface area contributed by atoms with Crippen LogP contribution in [0.15, 0.2) is 42.7 Å². The molecular formula is C18H25N5O2. The Hall–Kier alpha value is -2.38. The monoisotopic (exact) mass is 343 g/mol. The molecule has 0 unspecified atom stereocenters. The average molecular weight is 343 g/mol. The zero-order valence-corrected chi connectivity index (χ0v) is 14.8. The van der Waals surface area contributed by atoms with Crippen molar-refractivity contribution in [3.63, 3.8) is 0 Å². The van der Waals surface area contributed by atoms with E-state index in [4.69, 9.17) is 4.74 Å². The number of methoxy groups -OCH3 is 1. The minimum absolute atomic E-state index is 0.00508. The number of carbonyl (C=O) groups excluding carboxylic acids is 1. The Labute approximate surface area is 148 Å². The SMILES string of the molecule is CO[C@H]1CN(C(C)C)C[C@@H]1NC(=O)Nc1ccccc1-n1cccn1. The van der Waals surface area contributed by atoms with Crippen molar-refractivity contribution in [3.8, 4) is 5.69 Å². The fourth-order valence-electron chi connectivity index (χ4n) is 3.12. The molecule has 0 bridgehead atoms. The number of aromatic nitrogens is 2. The Morgan fingerprint density at radius 2 is 2.08 bits per heavy atom. The lowest BCUT2D eigenvalue weighted by molar-refractivity contribution is 0.0896. The molecule has 2 heterocycles. The molecule has 3 rings (SSSR count). The van der Waals surface area contributed by atoms with Gasteiger partial charge in [-0.15, -0.1) is 0 Å². The summed E-state index contributed by atoms with van der Waals surface area (Å²) in [5, 5.41) is 10.2. The summed E-state index contributed by atoms with van der Waals surface area (Å²) in [4.78, 5) is 14.8. The van der Waals surface area contributed by atoms with Crippen molar-refractivity contribution >= 4 is 11.7 Å². The van der Waals surface area contributed by atoms with Gasteiger partial charge in [0, 0.05) is 38.6 Å². The van der Waals surface area contributed by atoms with Crippen LogP contribution in [0, 0.1) is 0 Å². The average Bonchev–Trinajstić information content (AvgIpc) is 3.24. The van der Waals surface area contributed by atoms with Crippen LogP contribution < -0.4 is 10.6 Å². The van der Waals surface area contributed by atoms with E-state index >= 15 is 0 Å². The lowest BCUT2D eigenvalue weighted by Gasteiger charge is -2.20. The van der Waals surface area contributed by atoms with Crippen molar-refractivity contribution in [1.82, 2.24) is 20.0 Å². The number of amides is 2. The van der Waals surface area contributed by atoms with E-state index in [1.165, 1.54) is 0 Å². The maximum Gasteiger partial charge on any atom is 0.319 e. The molecule has 25 heavy (non-hydrogen) atoms. The Balaban J connectivity index is 1.67. The van der Waals surface area contributed by atoms with Gasteiger partial charge >= 0.3 is 6.03 Å². The largest absolute Gasteiger partial charge is 0.378 e. The van der Waals surface area contributed by atoms with E-state index in [1.54, 1.807) is 18.0 Å². The van der Waals surface area contributed by atoms with Crippen LogP contribution in [0.1, 0.15) is 13.8 Å². The first-order chi connectivity index (χ1) is 12.1. The smallest absolute Gasteiger partial charge is 0.319 e. The van der Waals surface area contributed by atoms with Gasteiger partial charge in [0.25, 0.3) is 0 Å². The number of benzene rings is 1. The van der Waals surface area contributed by atoms with Gasteiger partial charge in [-0.3, -0.25) is 4.90 Å². The zero-order chi connectivity index (χ0) is 17.8. The molecule has 7 nitrogen and oxygen atoms in total. The molecule has 2 aromatic rings. The summed E-state index contributed by atoms with van der Waals surface area (Å²) in [7, 11) is 1.69. The molecule has 0 spiro atoms. The molecule has 1 aromatic carbocycles. The summed E-state index contributed by atoms with van der Waals surface area (Å²) in [6.07, 6.45) is 3.55. The van der Waals surface area contributed by atoms with Crippen molar-refractivity contribution < 1.29 is 9.53 Å². The second-order valence-electron chi connectivity index (χ2n) is 6.49. The number of carbonyl (C=O) groups is 1. The normalized spacial score (nSPS) is 20.8. The lowest BCUT2D eigenvalue weighted by Crippen LogP contribution is -2.45. The molecule has 2 amide bonds. The van der Waals surface area contributed by atoms with E-state index < -0.39 is 0 Å². The predicted molar refractivity (Wildman–Crippen MR) is 97.0 cm³/mol. The van der Waals surface area contributed by atoms with Crippen LogP contribution in [0.4, 0.5) is 10.5 Å². The molecular weight excluding hydrogens is 318 g/mol. The standard InChI is InChI=1S/C18H25N5O2/c1-13(2)22-11-15(17(12-22)25-3)21-18(24)20-14-7-4-5-8-16(14)23-10-6-9-19-23/h4-10,13,15,17H,11-12H2,1-3H3,(H2,20,21,24)/t15-,17-/m0/s1. The van der Waals surface area contributed by atoms with E-state index in [0.29, 0.717) is 11.7 Å². The summed E-state index contributed by atoms with van der Waals surface area (Å²) in [6, 6.07) is 9.57. The van der Waals surface area contributed by atoms with E-state index in [2.05, 4.69) is 34.5 Å². The summed E-state index contributed by atoms with van der Waals surface area (Å²) >= 11 is 0. The van der Waals surface area contributed by atoms with Crippen molar-refractivity contribution in [2.45, 2.75) is 32.0 Å². The van der Waals surface area contributed by atoms with Crippen LogP contribution in [0.2, 0.25) is 0 Å². The molecule has 1 fully saturated rings. The lowest BCUT2D eigenvalue weighted by atomic mass is 10.2. The fourth-order valence-corrected chi connectivity index (χ4v) is 3.12. The highest BCUT2D eigenvalue weighted by atomic mass is 16.5. The highest BCUT2D eigenvalue weighted by Gasteiger charge is 2.35. The van der Waals surface area contributed by atoms with Crippen LogP contribution in [0.25, 0.3) is 5.69 Å². The van der Waals surface area contributed by atoms with E-state index in [0.717, 1.165) is 18.8 Å². The second kappa shape index (κ2) is 7.67. The third-order valence-electron chi connectivity index (χ3n) is 4.55. The Morgan fingerprint density at radius 3 is 2.76 bits per heavy atom. The number of ether oxygens (including phenoxy) is 1. The molecule has 1 aliphatic rings. The molecule has 2 N–H and O–H groups in total. The van der Waals surface area contributed by atoms with Gasteiger partial charge in [-0.2, -0.15) is 5.10 Å². The maximum atomic E-state index is 12.5. The molecule has 1 saturated heterocycles. The highest BCUT2D eigenvalue weighted by Crippen LogP contribution is 2.20. The summed E-state index contributed by atoms with van der Waals surface area (Å²) in [6.45, 7) is 5.90. The first kappa shape index (κ1) is 17.4. The molecule has 2 atom stereocenters. The number of para-hydroxylation sites is 2. The zero-order valence-electron chi connectivity index (χ0n) is 14.8. The van der Waals surface area contributed by atoms with Gasteiger partial charge in [0.05, 0.1) is 23.5 Å². The maximum absolute atomic E-state index is 12.5. The summed E-state index contributed by atoms with van der Waals surface area (Å²) in [5.74, 6) is 0. The Morgan fingerprint density at radius 1 is 1.28 bits per heavy atom. The van der Waals surface area contributed by atoms with Crippen LogP contribution in [0.3, 0.4) is 0 Å².